The van der Waals surface area contributed by atoms with Gasteiger partial charge >= 0.3 is 0 Å². The van der Waals surface area contributed by atoms with Crippen LogP contribution < -0.4 is 5.32 Å². The van der Waals surface area contributed by atoms with Gasteiger partial charge in [0.25, 0.3) is 5.91 Å². The summed E-state index contributed by atoms with van der Waals surface area (Å²) in [6.07, 6.45) is 0.529. The smallest absolute Gasteiger partial charge is 0.275 e. The predicted molar refractivity (Wildman–Crippen MR) is 84.2 cm³/mol. The number of nitrogens with one attached hydrogen (secondary N) is 1. The zero-order valence-corrected chi connectivity index (χ0v) is 12.6. The van der Waals surface area contributed by atoms with Crippen LogP contribution >= 0.6 is 11.6 Å². The van der Waals surface area contributed by atoms with E-state index < -0.39 is 0 Å². The molecule has 21 heavy (non-hydrogen) atoms. The number of carbonyl (C=O) groups excluding carboxylic acids is 1. The molecular formula is C15H15ClN4O. The lowest BCUT2D eigenvalue weighted by Crippen LogP contribution is -2.48. The quantitative estimate of drug-likeness (QED) is 0.914. The molecule has 0 radical (unpaired) electrons. The third-order valence-corrected chi connectivity index (χ3v) is 3.67. The van der Waals surface area contributed by atoms with Crippen molar-refractivity contribution in [2.24, 2.45) is 21.1 Å². The van der Waals surface area contributed by atoms with Crippen molar-refractivity contribution >= 4 is 34.8 Å². The fraction of sp³-hybridized carbons (Fsp3) is 0.333. The van der Waals surface area contributed by atoms with Crippen LogP contribution in [0.5, 0.6) is 0 Å². The number of fused-ring (bicyclic) bond motifs is 1. The Morgan fingerprint density at radius 3 is 2.86 bits per heavy atom. The van der Waals surface area contributed by atoms with Crippen LogP contribution in [0.25, 0.3) is 0 Å². The molecule has 3 rings (SSSR count). The largest absolute Gasteiger partial charge is 0.309 e. The Balaban J connectivity index is 1.87. The van der Waals surface area contributed by atoms with Crippen molar-refractivity contribution in [3.05, 3.63) is 34.9 Å². The number of amidine groups is 1. The summed E-state index contributed by atoms with van der Waals surface area (Å²) in [5.41, 5.74) is 2.22. The van der Waals surface area contributed by atoms with E-state index in [9.17, 15) is 4.79 Å². The fourth-order valence-corrected chi connectivity index (χ4v) is 2.62. The average molecular weight is 303 g/mol. The van der Waals surface area contributed by atoms with Gasteiger partial charge in [0.1, 0.15) is 11.9 Å². The molecule has 1 N–H and O–H groups in total. The van der Waals surface area contributed by atoms with E-state index >= 15 is 0 Å². The first-order chi connectivity index (χ1) is 10.0. The molecule has 1 aromatic carbocycles. The second-order valence-electron chi connectivity index (χ2n) is 5.40. The zero-order chi connectivity index (χ0) is 15.0. The lowest BCUT2D eigenvalue weighted by molar-refractivity contribution is -0.113. The van der Waals surface area contributed by atoms with Gasteiger partial charge in [-0.25, -0.2) is 0 Å². The number of halogens is 1. The predicted octanol–water partition coefficient (Wildman–Crippen LogP) is 2.25. The van der Waals surface area contributed by atoms with E-state index in [-0.39, 0.29) is 17.9 Å². The first-order valence-corrected chi connectivity index (χ1v) is 7.20. The highest BCUT2D eigenvalue weighted by molar-refractivity contribution is 6.50. The molecule has 0 fully saturated rings. The second-order valence-corrected chi connectivity index (χ2v) is 5.84. The van der Waals surface area contributed by atoms with Crippen LogP contribution in [-0.4, -0.2) is 29.2 Å². The van der Waals surface area contributed by atoms with Crippen LogP contribution in [0.3, 0.4) is 0 Å². The highest BCUT2D eigenvalue weighted by atomic mass is 35.5. The maximum atomic E-state index is 12.1. The molecule has 0 spiro atoms. The van der Waals surface area contributed by atoms with Crippen molar-refractivity contribution in [2.75, 3.05) is 0 Å². The van der Waals surface area contributed by atoms with Gasteiger partial charge in [-0.3, -0.25) is 9.79 Å². The standard InChI is InChI=1S/C15H15ClN4O/c1-8(2)12-13-14(20-19-12)15(21)18-11(17-13)7-9-4-3-5-10(16)6-9/h3-6,8,13H,7H2,1-2H3,(H,17,18,21). The molecule has 108 valence electrons. The van der Waals surface area contributed by atoms with E-state index in [0.29, 0.717) is 23.0 Å². The van der Waals surface area contributed by atoms with Gasteiger partial charge in [-0.15, -0.1) is 5.10 Å². The number of carbonyl (C=O) groups is 1. The topological polar surface area (TPSA) is 66.2 Å². The van der Waals surface area contributed by atoms with Gasteiger partial charge < -0.3 is 5.32 Å². The molecule has 2 aliphatic heterocycles. The summed E-state index contributed by atoms with van der Waals surface area (Å²) in [5.74, 6) is 0.617. The first-order valence-electron chi connectivity index (χ1n) is 6.82. The normalized spacial score (nSPS) is 20.7. The maximum Gasteiger partial charge on any atom is 0.275 e. The van der Waals surface area contributed by atoms with E-state index in [2.05, 4.69) is 20.5 Å². The third kappa shape index (κ3) is 2.74. The molecule has 0 saturated heterocycles. The molecule has 5 nitrogen and oxygen atoms in total. The average Bonchev–Trinajstić information content (AvgIpc) is 2.83. The van der Waals surface area contributed by atoms with E-state index in [1.165, 1.54) is 0 Å². The van der Waals surface area contributed by atoms with Gasteiger partial charge in [0, 0.05) is 11.4 Å². The molecule has 1 aromatic rings. The van der Waals surface area contributed by atoms with E-state index in [1.807, 2.05) is 38.1 Å². The molecule has 1 unspecified atom stereocenters. The Kier molecular flexibility index (Phi) is 3.59. The van der Waals surface area contributed by atoms with E-state index in [1.54, 1.807) is 0 Å². The van der Waals surface area contributed by atoms with Crippen LogP contribution in [0, 0.1) is 5.92 Å². The summed E-state index contributed by atoms with van der Waals surface area (Å²) >= 11 is 5.98. The van der Waals surface area contributed by atoms with Crippen molar-refractivity contribution in [1.29, 1.82) is 0 Å². The van der Waals surface area contributed by atoms with Gasteiger partial charge in [-0.05, 0) is 23.6 Å². The van der Waals surface area contributed by atoms with Gasteiger partial charge in [-0.1, -0.05) is 37.6 Å². The number of nitrogens with zero attached hydrogens (tertiary/aromatic N) is 3. The van der Waals surface area contributed by atoms with Crippen molar-refractivity contribution in [1.82, 2.24) is 5.32 Å². The van der Waals surface area contributed by atoms with Crippen LogP contribution in [0.1, 0.15) is 19.4 Å². The Morgan fingerprint density at radius 1 is 1.33 bits per heavy atom. The first kappa shape index (κ1) is 13.9. The zero-order valence-electron chi connectivity index (χ0n) is 11.8. The number of rotatable bonds is 3. The molecule has 0 aromatic heterocycles. The van der Waals surface area contributed by atoms with Gasteiger partial charge in [0.05, 0.1) is 5.71 Å². The molecule has 1 amide bonds. The molecule has 2 aliphatic rings. The summed E-state index contributed by atoms with van der Waals surface area (Å²) in [6.45, 7) is 4.05. The monoisotopic (exact) mass is 302 g/mol. The van der Waals surface area contributed by atoms with Crippen LogP contribution in [0.2, 0.25) is 5.02 Å². The fourth-order valence-electron chi connectivity index (χ4n) is 2.40. The minimum Gasteiger partial charge on any atom is -0.309 e. The summed E-state index contributed by atoms with van der Waals surface area (Å²) in [7, 11) is 0. The lowest BCUT2D eigenvalue weighted by Gasteiger charge is -2.21. The minimum atomic E-state index is -0.340. The SMILES string of the molecule is CC(C)C1=NN=C2C(=O)NC(Cc3cccc(Cl)c3)=NC21. The molecule has 0 saturated carbocycles. The van der Waals surface area contributed by atoms with E-state index in [4.69, 9.17) is 11.6 Å². The molecule has 0 aliphatic carbocycles. The summed E-state index contributed by atoms with van der Waals surface area (Å²) in [4.78, 5) is 16.7. The summed E-state index contributed by atoms with van der Waals surface area (Å²) in [5, 5.41) is 11.5. The van der Waals surface area contributed by atoms with Gasteiger partial charge in [0.2, 0.25) is 0 Å². The van der Waals surface area contributed by atoms with Gasteiger partial charge in [-0.2, -0.15) is 5.10 Å². The van der Waals surface area contributed by atoms with Crippen molar-refractivity contribution in [2.45, 2.75) is 26.3 Å². The van der Waals surface area contributed by atoms with Gasteiger partial charge in [0.15, 0.2) is 5.71 Å². The Hall–Kier alpha value is -2.01. The van der Waals surface area contributed by atoms with E-state index in [0.717, 1.165) is 11.3 Å². The van der Waals surface area contributed by atoms with Crippen molar-refractivity contribution in [3.63, 3.8) is 0 Å². The number of amides is 1. The van der Waals surface area contributed by atoms with Crippen LogP contribution in [-0.2, 0) is 11.2 Å². The highest BCUT2D eigenvalue weighted by Crippen LogP contribution is 2.19. The molecular weight excluding hydrogens is 288 g/mol. The number of hydrogen-bond acceptors (Lipinski definition) is 4. The maximum absolute atomic E-state index is 12.1. The highest BCUT2D eigenvalue weighted by Gasteiger charge is 2.37. The van der Waals surface area contributed by atoms with Crippen molar-refractivity contribution < 1.29 is 4.79 Å². The molecule has 1 atom stereocenters. The molecule has 0 bridgehead atoms. The number of aliphatic imine (C=N–C) groups is 1. The van der Waals surface area contributed by atoms with Crippen LogP contribution in [0.15, 0.2) is 39.5 Å². The molecule has 2 heterocycles. The number of hydrogen-bond donors (Lipinski definition) is 1. The summed E-state index contributed by atoms with van der Waals surface area (Å²) in [6, 6.07) is 7.18. The van der Waals surface area contributed by atoms with Crippen molar-refractivity contribution in [3.8, 4) is 0 Å². The number of benzene rings is 1. The lowest BCUT2D eigenvalue weighted by atomic mass is 9.96. The minimum absolute atomic E-state index is 0.207. The molecule has 6 heteroatoms. The Labute approximate surface area is 127 Å². The third-order valence-electron chi connectivity index (χ3n) is 3.44. The Bertz CT molecular complexity index is 691. The second kappa shape index (κ2) is 5.41. The Morgan fingerprint density at radius 2 is 2.14 bits per heavy atom. The van der Waals surface area contributed by atoms with Crippen LogP contribution in [0.4, 0.5) is 0 Å². The summed E-state index contributed by atoms with van der Waals surface area (Å²) < 4.78 is 0.